The maximum Gasteiger partial charge on any atom is 0.167 e. The minimum absolute atomic E-state index is 0.324. The molecule has 0 aromatic carbocycles. The number of hydrogen-bond donors (Lipinski definition) is 0. The second-order valence-electron chi connectivity index (χ2n) is 1.19. The molecule has 0 saturated carbocycles. The summed E-state index contributed by atoms with van der Waals surface area (Å²) < 4.78 is 4.53. The summed E-state index contributed by atoms with van der Waals surface area (Å²) in [6.07, 6.45) is 3.82. The fraction of sp³-hybridized carbons (Fsp3) is 0.500. The summed E-state index contributed by atoms with van der Waals surface area (Å²) in [6.45, 7) is 3.84. The van der Waals surface area contributed by atoms with Crippen molar-refractivity contribution in [3.63, 3.8) is 0 Å². The Kier molecular flexibility index (Phi) is 3.94. The predicted molar refractivity (Wildman–Crippen MR) is 30.1 cm³/mol. The summed E-state index contributed by atoms with van der Waals surface area (Å²) in [5.41, 5.74) is 0. The highest BCUT2D eigenvalue weighted by Gasteiger charge is 1.75. The predicted octanol–water partition coefficient (Wildman–Crippen LogP) is 0.929. The first kappa shape index (κ1) is 7.21. The number of carbonyl (C=O) groups is 1. The van der Waals surface area contributed by atoms with Crippen LogP contribution >= 0.6 is 0 Å². The highest BCUT2D eigenvalue weighted by Crippen LogP contribution is 1.77. The lowest BCUT2D eigenvalue weighted by Gasteiger charge is -2.02. The molecule has 0 amide bonds. The highest BCUT2D eigenvalue weighted by atomic mass is 16.5. The second kappa shape index (κ2) is 4.37. The van der Waals surface area contributed by atoms with Crippen LogP contribution in [0.15, 0.2) is 6.08 Å². The molecule has 0 heterocycles. The van der Waals surface area contributed by atoms with Gasteiger partial charge in [-0.25, -0.2) is 0 Å². The summed E-state index contributed by atoms with van der Waals surface area (Å²) in [5.74, 6) is -0.324. The molecule has 0 aromatic heterocycles. The van der Waals surface area contributed by atoms with Crippen molar-refractivity contribution in [2.75, 3.05) is 6.61 Å². The minimum atomic E-state index is -0.324. The number of rotatable bonds is 2. The molecule has 0 saturated heterocycles. The van der Waals surface area contributed by atoms with Crippen LogP contribution in [0.5, 0.6) is 0 Å². The van der Waals surface area contributed by atoms with Gasteiger partial charge in [-0.15, -0.1) is 6.92 Å². The van der Waals surface area contributed by atoms with E-state index < -0.39 is 0 Å². The first-order chi connectivity index (χ1) is 3.81. The van der Waals surface area contributed by atoms with Crippen molar-refractivity contribution in [3.05, 3.63) is 12.2 Å². The van der Waals surface area contributed by atoms with E-state index in [-0.39, 0.29) is 5.97 Å². The Morgan fingerprint density at radius 2 is 2.50 bits per heavy atom. The number of ether oxygens (including phenoxy) is 1. The zero-order valence-electron chi connectivity index (χ0n) is 5.10. The molecule has 0 aromatic rings. The van der Waals surface area contributed by atoms with Gasteiger partial charge in [-0.2, -0.15) is 6.08 Å². The molecular weight excluding hydrogens is 104 g/mol. The summed E-state index contributed by atoms with van der Waals surface area (Å²) in [7, 11) is 0. The molecular formula is C6H9O2-. The maximum atomic E-state index is 10.3. The Labute approximate surface area is 49.1 Å². The molecule has 0 radical (unpaired) electrons. The average Bonchev–Trinajstić information content (AvgIpc) is 1.68. The van der Waals surface area contributed by atoms with Crippen molar-refractivity contribution in [2.45, 2.75) is 13.8 Å². The highest BCUT2D eigenvalue weighted by molar-refractivity contribution is 5.81. The smallest absolute Gasteiger partial charge is 0.167 e. The topological polar surface area (TPSA) is 26.3 Å². The average molecular weight is 113 g/mol. The monoisotopic (exact) mass is 113 g/mol. The van der Waals surface area contributed by atoms with Crippen molar-refractivity contribution in [3.8, 4) is 0 Å². The molecule has 0 spiro atoms. The van der Waals surface area contributed by atoms with E-state index in [2.05, 4.69) is 10.8 Å². The Hall–Kier alpha value is -0.790. The maximum absolute atomic E-state index is 10.3. The van der Waals surface area contributed by atoms with Crippen LogP contribution in [0, 0.1) is 6.08 Å². The first-order valence-corrected chi connectivity index (χ1v) is 2.48. The number of carbonyl (C=O) groups excluding carboxylic acids is 1. The molecule has 0 aliphatic heterocycles. The van der Waals surface area contributed by atoms with Crippen LogP contribution < -0.4 is 0 Å². The molecule has 0 unspecified atom stereocenters. The largest absolute Gasteiger partial charge is 0.548 e. The standard InChI is InChI=1S/C6H9O2/c1-3-5-6(7)8-4-2/h5H,4H2,1-2H3/q-1. The van der Waals surface area contributed by atoms with Crippen molar-refractivity contribution in [1.29, 1.82) is 0 Å². The van der Waals surface area contributed by atoms with E-state index in [0.717, 1.165) is 0 Å². The molecule has 8 heavy (non-hydrogen) atoms. The Morgan fingerprint density at radius 1 is 1.88 bits per heavy atom. The van der Waals surface area contributed by atoms with Crippen LogP contribution in [0.4, 0.5) is 0 Å². The lowest BCUT2D eigenvalue weighted by atomic mass is 10.5. The van der Waals surface area contributed by atoms with Crippen LogP contribution in [0.1, 0.15) is 13.8 Å². The van der Waals surface area contributed by atoms with Crippen molar-refractivity contribution < 1.29 is 9.53 Å². The Bertz CT molecular complexity index is 94.7. The molecule has 0 rings (SSSR count). The number of hydrogen-bond acceptors (Lipinski definition) is 2. The van der Waals surface area contributed by atoms with E-state index in [1.165, 1.54) is 6.08 Å². The SMILES string of the molecule is C[C-]=CC(=O)OCC. The number of esters is 1. The van der Waals surface area contributed by atoms with Gasteiger partial charge in [-0.05, 0) is 6.92 Å². The fourth-order valence-electron chi connectivity index (χ4n) is 0.302. The van der Waals surface area contributed by atoms with Gasteiger partial charge in [-0.1, -0.05) is 0 Å². The zero-order chi connectivity index (χ0) is 6.41. The van der Waals surface area contributed by atoms with Crippen molar-refractivity contribution in [2.24, 2.45) is 0 Å². The van der Waals surface area contributed by atoms with Crippen molar-refractivity contribution >= 4 is 5.97 Å². The lowest BCUT2D eigenvalue weighted by Crippen LogP contribution is -1.98. The van der Waals surface area contributed by atoms with Crippen LogP contribution in [-0.2, 0) is 9.53 Å². The summed E-state index contributed by atoms with van der Waals surface area (Å²) >= 11 is 0. The molecule has 46 valence electrons. The summed E-state index contributed by atoms with van der Waals surface area (Å²) in [4.78, 5) is 10.3. The van der Waals surface area contributed by atoms with Gasteiger partial charge in [0.05, 0.1) is 6.61 Å². The molecule has 0 aliphatic rings. The van der Waals surface area contributed by atoms with Crippen LogP contribution in [0.2, 0.25) is 0 Å². The molecule has 0 N–H and O–H groups in total. The van der Waals surface area contributed by atoms with E-state index in [9.17, 15) is 4.79 Å². The molecule has 0 aliphatic carbocycles. The van der Waals surface area contributed by atoms with Gasteiger partial charge < -0.3 is 9.53 Å². The normalized spacial score (nSPS) is 9.75. The van der Waals surface area contributed by atoms with Gasteiger partial charge in [0.25, 0.3) is 0 Å². The van der Waals surface area contributed by atoms with Gasteiger partial charge in [0.15, 0.2) is 5.97 Å². The number of allylic oxidation sites excluding steroid dienone is 1. The molecule has 0 fully saturated rings. The van der Waals surface area contributed by atoms with Gasteiger partial charge in [0.1, 0.15) is 0 Å². The Balaban J connectivity index is 3.33. The van der Waals surface area contributed by atoms with E-state index in [4.69, 9.17) is 0 Å². The van der Waals surface area contributed by atoms with Crippen molar-refractivity contribution in [1.82, 2.24) is 0 Å². The van der Waals surface area contributed by atoms with Gasteiger partial charge >= 0.3 is 0 Å². The minimum Gasteiger partial charge on any atom is -0.548 e. The van der Waals surface area contributed by atoms with Gasteiger partial charge in [0.2, 0.25) is 0 Å². The third-order valence-corrected chi connectivity index (χ3v) is 0.549. The zero-order valence-corrected chi connectivity index (χ0v) is 5.10. The van der Waals surface area contributed by atoms with E-state index in [0.29, 0.717) is 6.61 Å². The van der Waals surface area contributed by atoms with E-state index in [1.807, 2.05) is 0 Å². The van der Waals surface area contributed by atoms with E-state index in [1.54, 1.807) is 13.8 Å². The lowest BCUT2D eigenvalue weighted by molar-refractivity contribution is -0.137. The van der Waals surface area contributed by atoms with Crippen LogP contribution in [-0.4, -0.2) is 12.6 Å². The quantitative estimate of drug-likeness (QED) is 0.302. The molecule has 0 atom stereocenters. The molecule has 2 heteroatoms. The fourth-order valence-corrected chi connectivity index (χ4v) is 0.302. The first-order valence-electron chi connectivity index (χ1n) is 2.48. The second-order valence-corrected chi connectivity index (χ2v) is 1.19. The third kappa shape index (κ3) is 3.40. The molecule has 2 nitrogen and oxygen atoms in total. The van der Waals surface area contributed by atoms with Gasteiger partial charge in [0, 0.05) is 0 Å². The van der Waals surface area contributed by atoms with Crippen LogP contribution in [0.3, 0.4) is 0 Å². The third-order valence-electron chi connectivity index (χ3n) is 0.549. The summed E-state index contributed by atoms with van der Waals surface area (Å²) in [5, 5.41) is 0. The van der Waals surface area contributed by atoms with Gasteiger partial charge in [-0.3, -0.25) is 6.08 Å². The Morgan fingerprint density at radius 3 is 2.88 bits per heavy atom. The van der Waals surface area contributed by atoms with E-state index >= 15 is 0 Å². The van der Waals surface area contributed by atoms with Crippen LogP contribution in [0.25, 0.3) is 0 Å². The molecule has 0 bridgehead atoms. The summed E-state index contributed by atoms with van der Waals surface area (Å²) in [6, 6.07) is 0.